The molecule has 0 radical (unpaired) electrons. The molecule has 0 aliphatic carbocycles. The molecule has 8 heteroatoms. The van der Waals surface area contributed by atoms with Crippen molar-refractivity contribution in [1.29, 1.82) is 0 Å². The van der Waals surface area contributed by atoms with Crippen molar-refractivity contribution in [2.24, 2.45) is 0 Å². The first kappa shape index (κ1) is 21.0. The zero-order valence-electron chi connectivity index (χ0n) is 17.5. The van der Waals surface area contributed by atoms with Gasteiger partial charge in [0.25, 0.3) is 5.95 Å². The first-order valence-corrected chi connectivity index (χ1v) is 10.6. The average molecular weight is 414 g/mol. The van der Waals surface area contributed by atoms with Crippen molar-refractivity contribution in [3.05, 3.63) is 41.2 Å². The minimum Gasteiger partial charge on any atom is -0.444 e. The molecule has 0 unspecified atom stereocenters. The molecule has 154 valence electrons. The predicted octanol–water partition coefficient (Wildman–Crippen LogP) is 5.39. The van der Waals surface area contributed by atoms with Gasteiger partial charge in [0, 0.05) is 6.20 Å². The SMILES string of the molecule is CCCCc1c(NC(=O)OC(C)(C)C)cnn1-c1ncc(C)c(-c2cccs2)n1. The van der Waals surface area contributed by atoms with Gasteiger partial charge in [0.1, 0.15) is 5.60 Å². The van der Waals surface area contributed by atoms with Gasteiger partial charge in [0.2, 0.25) is 0 Å². The van der Waals surface area contributed by atoms with Crippen LogP contribution in [0.4, 0.5) is 10.5 Å². The van der Waals surface area contributed by atoms with Crippen LogP contribution in [0.5, 0.6) is 0 Å². The molecule has 0 spiro atoms. The fourth-order valence-electron chi connectivity index (χ4n) is 2.85. The summed E-state index contributed by atoms with van der Waals surface area (Å²) in [5, 5.41) is 9.32. The van der Waals surface area contributed by atoms with Gasteiger partial charge in [-0.1, -0.05) is 19.4 Å². The van der Waals surface area contributed by atoms with Crippen molar-refractivity contribution >= 4 is 23.1 Å². The third kappa shape index (κ3) is 5.20. The molecule has 0 fully saturated rings. The van der Waals surface area contributed by atoms with Gasteiger partial charge in [0.15, 0.2) is 0 Å². The number of hydrogen-bond donors (Lipinski definition) is 1. The standard InChI is InChI=1S/C21H27N5O2S/c1-6-7-9-16-15(24-20(27)28-21(3,4)5)13-23-26(16)19-22-12-14(2)18(25-19)17-10-8-11-29-17/h8,10-13H,6-7,9H2,1-5H3,(H,24,27). The van der Waals surface area contributed by atoms with Gasteiger partial charge in [-0.25, -0.2) is 19.4 Å². The van der Waals surface area contributed by atoms with Crippen molar-refractivity contribution in [1.82, 2.24) is 19.7 Å². The van der Waals surface area contributed by atoms with Crippen LogP contribution < -0.4 is 5.32 Å². The quantitative estimate of drug-likeness (QED) is 0.586. The highest BCUT2D eigenvalue weighted by molar-refractivity contribution is 7.13. The Morgan fingerprint density at radius 1 is 1.31 bits per heavy atom. The number of unbranched alkanes of at least 4 members (excludes halogenated alkanes) is 1. The number of amides is 1. The van der Waals surface area contributed by atoms with Crippen LogP contribution in [0.25, 0.3) is 16.5 Å². The molecule has 0 saturated carbocycles. The van der Waals surface area contributed by atoms with Crippen molar-refractivity contribution in [2.45, 2.75) is 59.5 Å². The summed E-state index contributed by atoms with van der Waals surface area (Å²) in [6.45, 7) is 9.62. The normalized spacial score (nSPS) is 11.5. The number of nitrogens with zero attached hydrogens (tertiary/aromatic N) is 4. The van der Waals surface area contributed by atoms with Gasteiger partial charge >= 0.3 is 6.09 Å². The summed E-state index contributed by atoms with van der Waals surface area (Å²) < 4.78 is 7.09. The van der Waals surface area contributed by atoms with Crippen LogP contribution in [0, 0.1) is 6.92 Å². The zero-order chi connectivity index (χ0) is 21.0. The van der Waals surface area contributed by atoms with E-state index in [2.05, 4.69) is 22.3 Å². The fraction of sp³-hybridized carbons (Fsp3) is 0.429. The lowest BCUT2D eigenvalue weighted by molar-refractivity contribution is 0.0635. The number of aryl methyl sites for hydroxylation is 1. The molecule has 0 bridgehead atoms. The van der Waals surface area contributed by atoms with Gasteiger partial charge in [-0.15, -0.1) is 11.3 Å². The van der Waals surface area contributed by atoms with Crippen molar-refractivity contribution in [2.75, 3.05) is 5.32 Å². The highest BCUT2D eigenvalue weighted by atomic mass is 32.1. The monoisotopic (exact) mass is 413 g/mol. The van der Waals surface area contributed by atoms with Crippen LogP contribution in [-0.4, -0.2) is 31.4 Å². The maximum atomic E-state index is 12.3. The number of rotatable bonds is 6. The molecular weight excluding hydrogens is 386 g/mol. The highest BCUT2D eigenvalue weighted by Gasteiger charge is 2.21. The molecule has 29 heavy (non-hydrogen) atoms. The maximum absolute atomic E-state index is 12.3. The number of carbonyl (C=O) groups is 1. The molecular formula is C21H27N5O2S. The molecule has 0 aliphatic rings. The van der Waals surface area contributed by atoms with E-state index in [9.17, 15) is 4.79 Å². The van der Waals surface area contributed by atoms with E-state index in [-0.39, 0.29) is 0 Å². The summed E-state index contributed by atoms with van der Waals surface area (Å²) in [5.74, 6) is 0.488. The minimum absolute atomic E-state index is 0.488. The van der Waals surface area contributed by atoms with Gasteiger partial charge in [-0.3, -0.25) is 5.32 Å². The third-order valence-corrected chi connectivity index (χ3v) is 5.05. The molecule has 3 heterocycles. The Hall–Kier alpha value is -2.74. The molecule has 0 saturated heterocycles. The van der Waals surface area contributed by atoms with Crippen LogP contribution in [0.1, 0.15) is 51.8 Å². The second-order valence-corrected chi connectivity index (χ2v) is 8.77. The maximum Gasteiger partial charge on any atom is 0.412 e. The Morgan fingerprint density at radius 2 is 2.10 bits per heavy atom. The number of carbonyl (C=O) groups excluding carboxylic acids is 1. The molecule has 3 aromatic rings. The van der Waals surface area contributed by atoms with E-state index in [0.29, 0.717) is 11.6 Å². The summed E-state index contributed by atoms with van der Waals surface area (Å²) in [4.78, 5) is 22.6. The van der Waals surface area contributed by atoms with E-state index in [1.54, 1.807) is 22.2 Å². The number of anilines is 1. The summed E-state index contributed by atoms with van der Waals surface area (Å²) in [6.07, 6.45) is 5.66. The lowest BCUT2D eigenvalue weighted by Crippen LogP contribution is -2.27. The third-order valence-electron chi connectivity index (χ3n) is 4.17. The van der Waals surface area contributed by atoms with Gasteiger partial charge < -0.3 is 4.74 Å². The highest BCUT2D eigenvalue weighted by Crippen LogP contribution is 2.27. The smallest absolute Gasteiger partial charge is 0.412 e. The number of aromatic nitrogens is 4. The largest absolute Gasteiger partial charge is 0.444 e. The zero-order valence-corrected chi connectivity index (χ0v) is 18.3. The van der Waals surface area contributed by atoms with E-state index in [4.69, 9.17) is 9.72 Å². The van der Waals surface area contributed by atoms with Crippen LogP contribution in [-0.2, 0) is 11.2 Å². The number of thiophene rings is 1. The van der Waals surface area contributed by atoms with Crippen LogP contribution in [0.2, 0.25) is 0 Å². The molecule has 0 aliphatic heterocycles. The average Bonchev–Trinajstić information content (AvgIpc) is 3.29. The lowest BCUT2D eigenvalue weighted by atomic mass is 10.2. The van der Waals surface area contributed by atoms with E-state index >= 15 is 0 Å². The number of nitrogens with one attached hydrogen (secondary N) is 1. The molecule has 0 atom stereocenters. The van der Waals surface area contributed by atoms with E-state index in [1.165, 1.54) is 0 Å². The summed E-state index contributed by atoms with van der Waals surface area (Å²) >= 11 is 1.64. The van der Waals surface area contributed by atoms with Gasteiger partial charge in [-0.2, -0.15) is 5.10 Å². The second-order valence-electron chi connectivity index (χ2n) is 7.83. The molecule has 3 aromatic heterocycles. The van der Waals surface area contributed by atoms with E-state index in [0.717, 1.165) is 41.1 Å². The molecule has 1 amide bonds. The molecule has 7 nitrogen and oxygen atoms in total. The fourth-order valence-corrected chi connectivity index (χ4v) is 3.63. The lowest BCUT2D eigenvalue weighted by Gasteiger charge is -2.19. The van der Waals surface area contributed by atoms with Gasteiger partial charge in [-0.05, 0) is 57.5 Å². The van der Waals surface area contributed by atoms with Crippen molar-refractivity contribution in [3.8, 4) is 16.5 Å². The molecule has 0 aromatic carbocycles. The molecule has 3 rings (SSSR count). The first-order valence-electron chi connectivity index (χ1n) is 9.73. The summed E-state index contributed by atoms with van der Waals surface area (Å²) in [6, 6.07) is 4.05. The topological polar surface area (TPSA) is 81.9 Å². The van der Waals surface area contributed by atoms with E-state index < -0.39 is 11.7 Å². The Kier molecular flexibility index (Phi) is 6.32. The van der Waals surface area contributed by atoms with Crippen LogP contribution >= 0.6 is 11.3 Å². The van der Waals surface area contributed by atoms with E-state index in [1.807, 2.05) is 51.4 Å². The predicted molar refractivity (Wildman–Crippen MR) is 116 cm³/mol. The summed E-state index contributed by atoms with van der Waals surface area (Å²) in [7, 11) is 0. The Balaban J connectivity index is 1.96. The number of ether oxygens (including phenoxy) is 1. The minimum atomic E-state index is -0.570. The molecule has 1 N–H and O–H groups in total. The van der Waals surface area contributed by atoms with Crippen molar-refractivity contribution < 1.29 is 9.53 Å². The second kappa shape index (κ2) is 8.73. The summed E-state index contributed by atoms with van der Waals surface area (Å²) in [5.41, 5.74) is 2.81. The Bertz CT molecular complexity index is 974. The van der Waals surface area contributed by atoms with Crippen LogP contribution in [0.3, 0.4) is 0 Å². The van der Waals surface area contributed by atoms with Gasteiger partial charge in [0.05, 0.1) is 28.1 Å². The van der Waals surface area contributed by atoms with Crippen LogP contribution in [0.15, 0.2) is 29.9 Å². The Morgan fingerprint density at radius 3 is 2.76 bits per heavy atom. The van der Waals surface area contributed by atoms with Crippen molar-refractivity contribution in [3.63, 3.8) is 0 Å². The number of hydrogen-bond acceptors (Lipinski definition) is 6. The first-order chi connectivity index (χ1) is 13.8. The Labute approximate surface area is 175 Å².